The van der Waals surface area contributed by atoms with Gasteiger partial charge in [-0.1, -0.05) is 54.6 Å². The lowest BCUT2D eigenvalue weighted by Crippen LogP contribution is -1.96. The number of benzene rings is 3. The Kier molecular flexibility index (Phi) is 2.32. The first kappa shape index (κ1) is 12.0. The molecule has 0 atom stereocenters. The van der Waals surface area contributed by atoms with Gasteiger partial charge in [-0.3, -0.25) is 0 Å². The van der Waals surface area contributed by atoms with Crippen LogP contribution in [0.15, 0.2) is 60.7 Å². The van der Waals surface area contributed by atoms with Crippen molar-refractivity contribution >= 4 is 21.8 Å². The van der Waals surface area contributed by atoms with Crippen LogP contribution in [0.25, 0.3) is 32.9 Å². The van der Waals surface area contributed by atoms with E-state index in [0.29, 0.717) is 0 Å². The summed E-state index contributed by atoms with van der Waals surface area (Å²) in [5, 5.41) is 2.77. The first-order chi connectivity index (χ1) is 10.9. The van der Waals surface area contributed by atoms with Crippen LogP contribution in [0, 0.1) is 0 Å². The number of aryl methyl sites for hydroxylation is 1. The van der Waals surface area contributed by atoms with Crippen molar-refractivity contribution in [3.63, 3.8) is 0 Å². The summed E-state index contributed by atoms with van der Waals surface area (Å²) in [7, 11) is 0. The van der Waals surface area contributed by atoms with Crippen LogP contribution < -0.4 is 0 Å². The number of para-hydroxylation sites is 1. The van der Waals surface area contributed by atoms with Crippen LogP contribution in [0.1, 0.15) is 18.1 Å². The van der Waals surface area contributed by atoms with E-state index in [2.05, 4.69) is 72.2 Å². The molecule has 1 heterocycles. The molecule has 0 saturated heterocycles. The van der Waals surface area contributed by atoms with Crippen LogP contribution >= 0.6 is 0 Å². The predicted octanol–water partition coefficient (Wildman–Crippen LogP) is 5.39. The molecule has 0 fully saturated rings. The summed E-state index contributed by atoms with van der Waals surface area (Å²) in [6, 6.07) is 22.2. The normalized spacial score (nSPS) is 12.8. The van der Waals surface area contributed by atoms with Crippen molar-refractivity contribution in [1.29, 1.82) is 0 Å². The molecule has 3 aromatic carbocycles. The molecule has 1 aliphatic carbocycles. The molecule has 22 heavy (non-hydrogen) atoms. The quantitative estimate of drug-likeness (QED) is 0.389. The topological polar surface area (TPSA) is 4.93 Å². The van der Waals surface area contributed by atoms with Crippen molar-refractivity contribution < 1.29 is 0 Å². The van der Waals surface area contributed by atoms with E-state index in [9.17, 15) is 0 Å². The highest BCUT2D eigenvalue weighted by atomic mass is 15.0. The van der Waals surface area contributed by atoms with Crippen molar-refractivity contribution in [2.45, 2.75) is 19.9 Å². The summed E-state index contributed by atoms with van der Waals surface area (Å²) < 4.78 is 2.48. The highest BCUT2D eigenvalue weighted by molar-refractivity contribution is 6.11. The zero-order chi connectivity index (χ0) is 14.7. The molecule has 106 valence electrons. The lowest BCUT2D eigenvalue weighted by molar-refractivity contribution is 0.824. The van der Waals surface area contributed by atoms with E-state index in [4.69, 9.17) is 0 Å². The SMILES string of the molecule is CCn1c2ccccc2c2ccc3c(c21)Cc1ccccc1-3. The molecule has 1 heteroatoms. The monoisotopic (exact) mass is 283 g/mol. The molecular formula is C21H17N. The van der Waals surface area contributed by atoms with E-state index in [1.807, 2.05) is 0 Å². The highest BCUT2D eigenvalue weighted by Crippen LogP contribution is 2.42. The van der Waals surface area contributed by atoms with E-state index in [0.717, 1.165) is 13.0 Å². The molecule has 0 saturated carbocycles. The maximum Gasteiger partial charge on any atom is 0.0533 e. The van der Waals surface area contributed by atoms with E-state index in [-0.39, 0.29) is 0 Å². The van der Waals surface area contributed by atoms with E-state index in [1.165, 1.54) is 44.1 Å². The smallest absolute Gasteiger partial charge is 0.0533 e. The van der Waals surface area contributed by atoms with Crippen molar-refractivity contribution in [3.05, 3.63) is 71.8 Å². The van der Waals surface area contributed by atoms with E-state index >= 15 is 0 Å². The third kappa shape index (κ3) is 1.38. The zero-order valence-electron chi connectivity index (χ0n) is 12.6. The molecule has 0 aliphatic heterocycles. The van der Waals surface area contributed by atoms with Gasteiger partial charge in [0.25, 0.3) is 0 Å². The Bertz CT molecular complexity index is 1040. The summed E-state index contributed by atoms with van der Waals surface area (Å²) >= 11 is 0. The number of rotatable bonds is 1. The van der Waals surface area contributed by atoms with Crippen LogP contribution in [0.2, 0.25) is 0 Å². The molecule has 4 aromatic rings. The first-order valence-corrected chi connectivity index (χ1v) is 7.99. The second-order valence-electron chi connectivity index (χ2n) is 6.08. The van der Waals surface area contributed by atoms with Crippen molar-refractivity contribution in [2.24, 2.45) is 0 Å². The molecular weight excluding hydrogens is 266 g/mol. The van der Waals surface area contributed by atoms with Crippen molar-refractivity contribution in [3.8, 4) is 11.1 Å². The predicted molar refractivity (Wildman–Crippen MR) is 93.4 cm³/mol. The number of aromatic nitrogens is 1. The van der Waals surface area contributed by atoms with Gasteiger partial charge in [-0.15, -0.1) is 0 Å². The molecule has 0 N–H and O–H groups in total. The summed E-state index contributed by atoms with van der Waals surface area (Å²) in [4.78, 5) is 0. The molecule has 1 nitrogen and oxygen atoms in total. The molecule has 0 unspecified atom stereocenters. The number of fused-ring (bicyclic) bond motifs is 7. The van der Waals surface area contributed by atoms with Gasteiger partial charge in [0, 0.05) is 29.3 Å². The first-order valence-electron chi connectivity index (χ1n) is 7.99. The average molecular weight is 283 g/mol. The summed E-state index contributed by atoms with van der Waals surface area (Å²) in [6.07, 6.45) is 1.05. The maximum absolute atomic E-state index is 2.48. The Morgan fingerprint density at radius 1 is 0.818 bits per heavy atom. The van der Waals surface area contributed by atoms with Gasteiger partial charge in [0.1, 0.15) is 0 Å². The van der Waals surface area contributed by atoms with Gasteiger partial charge in [0.2, 0.25) is 0 Å². The molecule has 0 radical (unpaired) electrons. The Labute approximate surface area is 129 Å². The minimum absolute atomic E-state index is 1.01. The summed E-state index contributed by atoms with van der Waals surface area (Å²) in [5.41, 5.74) is 8.56. The van der Waals surface area contributed by atoms with Crippen LogP contribution in [0.3, 0.4) is 0 Å². The third-order valence-corrected chi connectivity index (χ3v) is 5.03. The van der Waals surface area contributed by atoms with Crippen LogP contribution in [-0.2, 0) is 13.0 Å². The average Bonchev–Trinajstić information content (AvgIpc) is 3.10. The minimum Gasteiger partial charge on any atom is -0.341 e. The Morgan fingerprint density at radius 2 is 1.64 bits per heavy atom. The fourth-order valence-corrected chi connectivity index (χ4v) is 4.11. The number of hydrogen-bond donors (Lipinski definition) is 0. The van der Waals surface area contributed by atoms with Crippen LogP contribution in [0.5, 0.6) is 0 Å². The maximum atomic E-state index is 2.48. The number of hydrogen-bond acceptors (Lipinski definition) is 0. The fraction of sp³-hybridized carbons (Fsp3) is 0.143. The Morgan fingerprint density at radius 3 is 2.55 bits per heavy atom. The molecule has 0 bridgehead atoms. The molecule has 0 spiro atoms. The Balaban J connectivity index is 1.97. The second-order valence-corrected chi connectivity index (χ2v) is 6.08. The zero-order valence-corrected chi connectivity index (χ0v) is 12.6. The number of nitrogens with zero attached hydrogens (tertiary/aromatic N) is 1. The molecule has 5 rings (SSSR count). The van der Waals surface area contributed by atoms with Crippen molar-refractivity contribution in [2.75, 3.05) is 0 Å². The lowest BCUT2D eigenvalue weighted by atomic mass is 10.0. The summed E-state index contributed by atoms with van der Waals surface area (Å²) in [5.74, 6) is 0. The van der Waals surface area contributed by atoms with Crippen molar-refractivity contribution in [1.82, 2.24) is 4.57 Å². The van der Waals surface area contributed by atoms with Gasteiger partial charge in [-0.2, -0.15) is 0 Å². The molecule has 1 aromatic heterocycles. The second kappa shape index (κ2) is 4.23. The van der Waals surface area contributed by atoms with Gasteiger partial charge in [-0.25, -0.2) is 0 Å². The van der Waals surface area contributed by atoms with Gasteiger partial charge in [0.15, 0.2) is 0 Å². The molecule has 0 amide bonds. The summed E-state index contributed by atoms with van der Waals surface area (Å²) in [6.45, 7) is 3.25. The largest absolute Gasteiger partial charge is 0.341 e. The Hall–Kier alpha value is -2.54. The standard InChI is InChI=1S/C21H17N/c1-2-22-20-10-6-5-9-17(20)18-12-11-16-15-8-4-3-7-14(15)13-19(16)21(18)22/h3-12H,2,13H2,1H3. The minimum atomic E-state index is 1.01. The van der Waals surface area contributed by atoms with Crippen LogP contribution in [0.4, 0.5) is 0 Å². The van der Waals surface area contributed by atoms with E-state index in [1.54, 1.807) is 0 Å². The van der Waals surface area contributed by atoms with Gasteiger partial charge >= 0.3 is 0 Å². The van der Waals surface area contributed by atoms with E-state index < -0.39 is 0 Å². The third-order valence-electron chi connectivity index (χ3n) is 5.03. The highest BCUT2D eigenvalue weighted by Gasteiger charge is 2.23. The van der Waals surface area contributed by atoms with Gasteiger partial charge in [-0.05, 0) is 35.2 Å². The lowest BCUT2D eigenvalue weighted by Gasteiger charge is -2.08. The van der Waals surface area contributed by atoms with Gasteiger partial charge < -0.3 is 4.57 Å². The molecule has 1 aliphatic rings. The van der Waals surface area contributed by atoms with Crippen LogP contribution in [-0.4, -0.2) is 4.57 Å². The fourth-order valence-electron chi connectivity index (χ4n) is 4.11. The van der Waals surface area contributed by atoms with Gasteiger partial charge in [0.05, 0.1) is 5.52 Å².